The summed E-state index contributed by atoms with van der Waals surface area (Å²) in [4.78, 5) is 0. The molecule has 0 radical (unpaired) electrons. The molecule has 44 heavy (non-hydrogen) atoms. The Balaban J connectivity index is 1.22. The maximum atomic E-state index is 10.4. The molecule has 2 saturated heterocycles. The summed E-state index contributed by atoms with van der Waals surface area (Å²) in [6.07, 6.45) is 0.745. The second kappa shape index (κ2) is 19.2. The lowest BCUT2D eigenvalue weighted by Gasteiger charge is -2.21. The number of thioether (sulfide) groups is 4. The second-order valence-electron chi connectivity index (χ2n) is 11.7. The molecule has 0 bridgehead atoms. The smallest absolute Gasteiger partial charge is 0.125 e. The Bertz CT molecular complexity index is 1020. The van der Waals surface area contributed by atoms with Gasteiger partial charge in [-0.15, -0.1) is 0 Å². The zero-order valence-electron chi connectivity index (χ0n) is 26.7. The van der Waals surface area contributed by atoms with Gasteiger partial charge in [0.05, 0.1) is 13.2 Å². The normalized spacial score (nSPS) is 20.3. The molecule has 0 aromatic heterocycles. The van der Waals surface area contributed by atoms with Crippen LogP contribution in [0.1, 0.15) is 35.1 Å². The number of aliphatic hydroxyl groups excluding tert-OH is 2. The van der Waals surface area contributed by atoms with Crippen LogP contribution >= 0.6 is 47.0 Å². The van der Waals surface area contributed by atoms with Crippen LogP contribution in [0, 0.1) is 27.7 Å². The summed E-state index contributed by atoms with van der Waals surface area (Å²) < 4.78 is 23.6. The Morgan fingerprint density at radius 3 is 1.34 bits per heavy atom. The lowest BCUT2D eigenvalue weighted by Crippen LogP contribution is -2.25. The zero-order chi connectivity index (χ0) is 31.3. The Hall–Kier alpha value is -0.720. The van der Waals surface area contributed by atoms with Gasteiger partial charge in [-0.1, -0.05) is 0 Å². The number of aliphatic hydroxyl groups is 2. The van der Waals surface area contributed by atoms with Crippen LogP contribution < -0.4 is 9.47 Å². The number of aryl methyl sites for hydroxylation is 4. The molecule has 2 aliphatic rings. The van der Waals surface area contributed by atoms with E-state index in [1.807, 2.05) is 74.7 Å². The number of rotatable bonds is 17. The van der Waals surface area contributed by atoms with Gasteiger partial charge in [-0.25, -0.2) is 0 Å². The molecule has 2 aromatic rings. The molecule has 2 fully saturated rings. The monoisotopic (exact) mass is 682 g/mol. The topological polar surface area (TPSA) is 77.4 Å². The Kier molecular flexibility index (Phi) is 15.8. The van der Waals surface area contributed by atoms with E-state index in [0.29, 0.717) is 23.7 Å². The molecule has 246 valence electrons. The van der Waals surface area contributed by atoms with Crippen molar-refractivity contribution in [3.63, 3.8) is 0 Å². The maximum absolute atomic E-state index is 10.4. The average Bonchev–Trinajstić information content (AvgIpc) is 3.01. The fourth-order valence-corrected chi connectivity index (χ4v) is 10.9. The molecule has 4 atom stereocenters. The fraction of sp³-hybridized carbons (Fsp3) is 0.647. The number of hydrogen-bond acceptors (Lipinski definition) is 10. The predicted molar refractivity (Wildman–Crippen MR) is 192 cm³/mol. The second-order valence-corrected chi connectivity index (χ2v) is 16.8. The Morgan fingerprint density at radius 1 is 0.614 bits per heavy atom. The first-order chi connectivity index (χ1) is 21.3. The SMILES string of the molecule is Cc1cc(-c2cc(C)c(OCC(O)COCCC3CSCCS3)c(C)c2)cc(C)c1OCC(O)COCCC1CSCCS1. The zero-order valence-corrected chi connectivity index (χ0v) is 29.9. The van der Waals surface area contributed by atoms with Gasteiger partial charge in [-0.3, -0.25) is 0 Å². The molecule has 4 rings (SSSR count). The van der Waals surface area contributed by atoms with Gasteiger partial charge in [0.1, 0.15) is 36.9 Å². The van der Waals surface area contributed by atoms with E-state index >= 15 is 0 Å². The van der Waals surface area contributed by atoms with E-state index in [4.69, 9.17) is 18.9 Å². The third-order valence-corrected chi connectivity index (χ3v) is 13.5. The Morgan fingerprint density at radius 2 is 1.00 bits per heavy atom. The first kappa shape index (κ1) is 36.1. The van der Waals surface area contributed by atoms with Crippen molar-refractivity contribution in [1.29, 1.82) is 0 Å². The van der Waals surface area contributed by atoms with Gasteiger partial charge < -0.3 is 29.2 Å². The van der Waals surface area contributed by atoms with E-state index in [1.165, 1.54) is 34.5 Å². The van der Waals surface area contributed by atoms with E-state index in [0.717, 1.165) is 57.7 Å². The molecular weight excluding hydrogens is 633 g/mol. The molecule has 2 heterocycles. The molecular formula is C34H50O6S4. The molecule has 0 aliphatic carbocycles. The van der Waals surface area contributed by atoms with E-state index < -0.39 is 12.2 Å². The number of benzene rings is 2. The van der Waals surface area contributed by atoms with Crippen molar-refractivity contribution >= 4 is 47.0 Å². The van der Waals surface area contributed by atoms with Crippen molar-refractivity contribution < 1.29 is 29.2 Å². The van der Waals surface area contributed by atoms with Crippen molar-refractivity contribution in [2.45, 2.75) is 63.2 Å². The number of hydrogen-bond donors (Lipinski definition) is 2. The van der Waals surface area contributed by atoms with Crippen LogP contribution in [-0.2, 0) is 9.47 Å². The highest BCUT2D eigenvalue weighted by atomic mass is 32.2. The summed E-state index contributed by atoms with van der Waals surface area (Å²) in [5.41, 5.74) is 6.32. The molecule has 6 nitrogen and oxygen atoms in total. The average molecular weight is 683 g/mol. The minimum absolute atomic E-state index is 0.203. The van der Waals surface area contributed by atoms with Gasteiger partial charge >= 0.3 is 0 Å². The van der Waals surface area contributed by atoms with Crippen LogP contribution in [0.5, 0.6) is 11.5 Å². The summed E-state index contributed by atoms with van der Waals surface area (Å²) >= 11 is 8.11. The summed E-state index contributed by atoms with van der Waals surface area (Å²) in [6, 6.07) is 8.52. The predicted octanol–water partition coefficient (Wildman–Crippen LogP) is 6.58. The van der Waals surface area contributed by atoms with Crippen molar-refractivity contribution in [3.05, 3.63) is 46.5 Å². The first-order valence-corrected chi connectivity index (χ1v) is 20.1. The van der Waals surface area contributed by atoms with Crippen molar-refractivity contribution in [2.75, 3.05) is 74.2 Å². The fourth-order valence-electron chi connectivity index (χ4n) is 5.42. The van der Waals surface area contributed by atoms with Crippen LogP contribution in [0.4, 0.5) is 0 Å². The van der Waals surface area contributed by atoms with Gasteiger partial charge in [0.15, 0.2) is 0 Å². The summed E-state index contributed by atoms with van der Waals surface area (Å²) in [5.74, 6) is 8.97. The minimum atomic E-state index is -0.662. The molecule has 2 aromatic carbocycles. The van der Waals surface area contributed by atoms with E-state index in [1.54, 1.807) is 0 Å². The molecule has 2 aliphatic heterocycles. The summed E-state index contributed by atoms with van der Waals surface area (Å²) in [7, 11) is 0. The maximum Gasteiger partial charge on any atom is 0.125 e. The third-order valence-electron chi connectivity index (χ3n) is 7.65. The van der Waals surface area contributed by atoms with E-state index in [2.05, 4.69) is 24.3 Å². The standard InChI is InChI=1S/C34H50O6S4/c1-23-13-27(14-24(2)33(23)39-19-29(35)17-37-7-5-31-21-41-9-11-43-31)28-15-25(3)34(26(4)16-28)40-20-30(36)18-38-8-6-32-22-42-10-12-44-32/h13-16,29-32,35-36H,5-12,17-22H2,1-4H3. The highest BCUT2D eigenvalue weighted by Crippen LogP contribution is 2.34. The van der Waals surface area contributed by atoms with Gasteiger partial charge in [0.2, 0.25) is 0 Å². The highest BCUT2D eigenvalue weighted by molar-refractivity contribution is 8.07. The van der Waals surface area contributed by atoms with Gasteiger partial charge in [-0.2, -0.15) is 47.0 Å². The van der Waals surface area contributed by atoms with Gasteiger partial charge in [-0.05, 0) is 98.2 Å². The van der Waals surface area contributed by atoms with Gasteiger partial charge in [0.25, 0.3) is 0 Å². The van der Waals surface area contributed by atoms with E-state index in [-0.39, 0.29) is 26.4 Å². The van der Waals surface area contributed by atoms with Crippen LogP contribution in [0.2, 0.25) is 0 Å². The van der Waals surface area contributed by atoms with Crippen LogP contribution in [-0.4, -0.2) is 107 Å². The van der Waals surface area contributed by atoms with E-state index in [9.17, 15) is 10.2 Å². The molecule has 10 heteroatoms. The highest BCUT2D eigenvalue weighted by Gasteiger charge is 2.17. The lowest BCUT2D eigenvalue weighted by atomic mass is 9.96. The quantitative estimate of drug-likeness (QED) is 0.179. The largest absolute Gasteiger partial charge is 0.490 e. The van der Waals surface area contributed by atoms with Crippen LogP contribution in [0.25, 0.3) is 11.1 Å². The van der Waals surface area contributed by atoms with Crippen LogP contribution in [0.15, 0.2) is 24.3 Å². The Labute approximate surface area is 281 Å². The molecule has 0 amide bonds. The molecule has 2 N–H and O–H groups in total. The summed E-state index contributed by atoms with van der Waals surface area (Å²) in [5, 5.41) is 22.2. The lowest BCUT2D eigenvalue weighted by molar-refractivity contribution is 0.0114. The number of ether oxygens (including phenoxy) is 4. The van der Waals surface area contributed by atoms with Crippen molar-refractivity contribution in [3.8, 4) is 22.6 Å². The van der Waals surface area contributed by atoms with Gasteiger partial charge in [0, 0.05) is 58.2 Å². The van der Waals surface area contributed by atoms with Crippen molar-refractivity contribution in [2.24, 2.45) is 0 Å². The molecule has 0 spiro atoms. The molecule has 4 unspecified atom stereocenters. The first-order valence-electron chi connectivity index (χ1n) is 15.7. The minimum Gasteiger partial charge on any atom is -0.490 e. The summed E-state index contributed by atoms with van der Waals surface area (Å²) in [6.45, 7) is 10.5. The third kappa shape index (κ3) is 11.8. The van der Waals surface area contributed by atoms with Crippen molar-refractivity contribution in [1.82, 2.24) is 0 Å². The molecule has 0 saturated carbocycles. The van der Waals surface area contributed by atoms with Crippen LogP contribution in [0.3, 0.4) is 0 Å².